The minimum atomic E-state index is -3.97. The third-order valence-corrected chi connectivity index (χ3v) is 5.48. The van der Waals surface area contributed by atoms with Crippen molar-refractivity contribution in [3.8, 4) is 0 Å². The minimum absolute atomic E-state index is 0.211. The number of rotatable bonds is 4. The van der Waals surface area contributed by atoms with Gasteiger partial charge in [0.1, 0.15) is 9.77 Å². The lowest BCUT2D eigenvalue weighted by Crippen LogP contribution is -2.16. The lowest BCUT2D eigenvalue weighted by atomic mass is 10.3. The van der Waals surface area contributed by atoms with Crippen LogP contribution < -0.4 is 4.72 Å². The fourth-order valence-electron chi connectivity index (χ4n) is 1.67. The Labute approximate surface area is 124 Å². The fraction of sp³-hybridized carbons (Fsp3) is 0.0833. The van der Waals surface area contributed by atoms with E-state index in [-0.39, 0.29) is 15.5 Å². The number of hydrogen-bond donors (Lipinski definition) is 2. The summed E-state index contributed by atoms with van der Waals surface area (Å²) in [4.78, 5) is 10.7. The highest BCUT2D eigenvalue weighted by Gasteiger charge is 2.26. The van der Waals surface area contributed by atoms with Crippen molar-refractivity contribution in [2.45, 2.75) is 11.8 Å². The van der Waals surface area contributed by atoms with Crippen LogP contribution in [0.1, 0.15) is 15.2 Å². The van der Waals surface area contributed by atoms with E-state index in [0.717, 1.165) is 11.3 Å². The maximum Gasteiger partial charge on any atom is 0.347 e. The molecule has 2 rings (SSSR count). The van der Waals surface area contributed by atoms with Crippen LogP contribution in [0.2, 0.25) is 5.02 Å². The molecule has 0 amide bonds. The normalized spacial score (nSPS) is 11.3. The molecule has 20 heavy (non-hydrogen) atoms. The molecule has 106 valence electrons. The second kappa shape index (κ2) is 5.43. The molecule has 0 aliphatic heterocycles. The van der Waals surface area contributed by atoms with E-state index >= 15 is 0 Å². The molecule has 0 spiro atoms. The van der Waals surface area contributed by atoms with E-state index in [9.17, 15) is 13.2 Å². The summed E-state index contributed by atoms with van der Waals surface area (Å²) in [6.45, 7) is 1.55. The molecule has 0 aliphatic carbocycles. The third-order valence-electron chi connectivity index (χ3n) is 2.46. The zero-order valence-corrected chi connectivity index (χ0v) is 12.6. The van der Waals surface area contributed by atoms with Crippen LogP contribution in [0.25, 0.3) is 0 Å². The highest BCUT2D eigenvalue weighted by atomic mass is 35.5. The number of thiophene rings is 1. The number of carboxylic acids is 1. The molecule has 0 fully saturated rings. The van der Waals surface area contributed by atoms with Gasteiger partial charge in [0.15, 0.2) is 0 Å². The van der Waals surface area contributed by atoms with Gasteiger partial charge in [-0.3, -0.25) is 4.72 Å². The van der Waals surface area contributed by atoms with Crippen molar-refractivity contribution in [1.82, 2.24) is 0 Å². The Hall–Kier alpha value is -1.57. The van der Waals surface area contributed by atoms with E-state index in [0.29, 0.717) is 10.6 Å². The summed E-state index contributed by atoms with van der Waals surface area (Å²) in [5.41, 5.74) is 0.668. The van der Waals surface area contributed by atoms with E-state index in [2.05, 4.69) is 4.72 Å². The third kappa shape index (κ3) is 2.95. The maximum atomic E-state index is 12.3. The van der Waals surface area contributed by atoms with Crippen LogP contribution in [-0.2, 0) is 10.0 Å². The second-order valence-electron chi connectivity index (χ2n) is 4.00. The molecule has 1 aromatic heterocycles. The molecule has 5 nitrogen and oxygen atoms in total. The number of aromatic carboxylic acids is 1. The first-order valence-electron chi connectivity index (χ1n) is 5.41. The first-order valence-corrected chi connectivity index (χ1v) is 8.15. The summed E-state index contributed by atoms with van der Waals surface area (Å²) in [6.07, 6.45) is 0. The quantitative estimate of drug-likeness (QED) is 0.901. The highest BCUT2D eigenvalue weighted by molar-refractivity contribution is 7.93. The van der Waals surface area contributed by atoms with Gasteiger partial charge in [-0.1, -0.05) is 17.7 Å². The molecule has 0 radical (unpaired) electrons. The summed E-state index contributed by atoms with van der Waals surface area (Å²) in [7, 11) is -3.97. The van der Waals surface area contributed by atoms with Crippen LogP contribution in [0.3, 0.4) is 0 Å². The van der Waals surface area contributed by atoms with Crippen molar-refractivity contribution < 1.29 is 18.3 Å². The van der Waals surface area contributed by atoms with Gasteiger partial charge in [0.05, 0.1) is 5.69 Å². The van der Waals surface area contributed by atoms with Crippen LogP contribution in [0, 0.1) is 6.92 Å². The van der Waals surface area contributed by atoms with Crippen molar-refractivity contribution in [1.29, 1.82) is 0 Å². The first kappa shape index (κ1) is 14.8. The molecule has 2 aromatic rings. The van der Waals surface area contributed by atoms with E-state index in [1.807, 2.05) is 0 Å². The fourth-order valence-corrected chi connectivity index (χ4v) is 4.55. The zero-order chi connectivity index (χ0) is 14.9. The molecule has 0 saturated heterocycles. The number of halogens is 1. The number of hydrogen-bond acceptors (Lipinski definition) is 4. The molecule has 0 saturated carbocycles. The lowest BCUT2D eigenvalue weighted by molar-refractivity contribution is 0.0698. The number of nitrogens with one attached hydrogen (secondary N) is 1. The molecular formula is C12H10ClNO4S2. The number of carbonyl (C=O) groups is 1. The Balaban J connectivity index is 2.46. The van der Waals surface area contributed by atoms with Crippen LogP contribution in [-0.4, -0.2) is 19.5 Å². The number of aryl methyl sites for hydroxylation is 1. The van der Waals surface area contributed by atoms with Gasteiger partial charge in [-0.25, -0.2) is 13.2 Å². The number of sulfonamides is 1. The molecule has 0 atom stereocenters. The lowest BCUT2D eigenvalue weighted by Gasteiger charge is -2.09. The monoisotopic (exact) mass is 331 g/mol. The number of carboxylic acid groups (broad SMARTS) is 1. The first-order chi connectivity index (χ1) is 9.31. The molecule has 0 aliphatic rings. The largest absolute Gasteiger partial charge is 0.477 e. The van der Waals surface area contributed by atoms with Gasteiger partial charge in [-0.05, 0) is 36.1 Å². The van der Waals surface area contributed by atoms with E-state index in [1.165, 1.54) is 17.5 Å². The van der Waals surface area contributed by atoms with Gasteiger partial charge in [-0.15, -0.1) is 11.3 Å². The topological polar surface area (TPSA) is 83.5 Å². The molecule has 1 heterocycles. The van der Waals surface area contributed by atoms with E-state index in [4.69, 9.17) is 16.7 Å². The van der Waals surface area contributed by atoms with Crippen molar-refractivity contribution in [3.63, 3.8) is 0 Å². The Morgan fingerprint density at radius 3 is 2.70 bits per heavy atom. The Morgan fingerprint density at radius 2 is 2.10 bits per heavy atom. The van der Waals surface area contributed by atoms with Crippen molar-refractivity contribution >= 4 is 44.6 Å². The number of anilines is 1. The van der Waals surface area contributed by atoms with Crippen molar-refractivity contribution in [2.75, 3.05) is 4.72 Å². The maximum absolute atomic E-state index is 12.3. The SMILES string of the molecule is Cc1csc(C(=O)O)c1S(=O)(=O)Nc1cccc(Cl)c1. The van der Waals surface area contributed by atoms with Crippen LogP contribution in [0.5, 0.6) is 0 Å². The van der Waals surface area contributed by atoms with Gasteiger partial charge in [0.2, 0.25) is 0 Å². The van der Waals surface area contributed by atoms with Gasteiger partial charge in [0, 0.05) is 5.02 Å². The van der Waals surface area contributed by atoms with Crippen molar-refractivity contribution in [3.05, 3.63) is 45.1 Å². The second-order valence-corrected chi connectivity index (χ2v) is 6.93. The molecule has 0 bridgehead atoms. The molecular weight excluding hydrogens is 322 g/mol. The van der Waals surface area contributed by atoms with Crippen LogP contribution >= 0.6 is 22.9 Å². The van der Waals surface area contributed by atoms with Gasteiger partial charge in [0.25, 0.3) is 10.0 Å². The van der Waals surface area contributed by atoms with Gasteiger partial charge in [-0.2, -0.15) is 0 Å². The number of benzene rings is 1. The van der Waals surface area contributed by atoms with Crippen LogP contribution in [0.15, 0.2) is 34.5 Å². The summed E-state index contributed by atoms with van der Waals surface area (Å²) in [6, 6.07) is 6.18. The Kier molecular flexibility index (Phi) is 4.03. The Morgan fingerprint density at radius 1 is 1.40 bits per heavy atom. The average molecular weight is 332 g/mol. The van der Waals surface area contributed by atoms with Crippen LogP contribution in [0.4, 0.5) is 5.69 Å². The predicted molar refractivity (Wildman–Crippen MR) is 78.3 cm³/mol. The van der Waals surface area contributed by atoms with Gasteiger partial charge < -0.3 is 5.11 Å². The standard InChI is InChI=1S/C12H10ClNO4S2/c1-7-6-19-10(12(15)16)11(7)20(17,18)14-9-4-2-3-8(13)5-9/h2-6,14H,1H3,(H,15,16). The Bertz CT molecular complexity index is 768. The summed E-state index contributed by atoms with van der Waals surface area (Å²) < 4.78 is 26.9. The minimum Gasteiger partial charge on any atom is -0.477 e. The molecule has 0 unspecified atom stereocenters. The van der Waals surface area contributed by atoms with Gasteiger partial charge >= 0.3 is 5.97 Å². The predicted octanol–water partition coefficient (Wildman–Crippen LogP) is 3.21. The summed E-state index contributed by atoms with van der Waals surface area (Å²) in [5, 5.41) is 10.9. The van der Waals surface area contributed by atoms with E-state index < -0.39 is 16.0 Å². The molecule has 8 heteroatoms. The summed E-state index contributed by atoms with van der Waals surface area (Å²) in [5.74, 6) is -1.27. The summed E-state index contributed by atoms with van der Waals surface area (Å²) >= 11 is 6.66. The average Bonchev–Trinajstić information content (AvgIpc) is 2.71. The van der Waals surface area contributed by atoms with Crippen molar-refractivity contribution in [2.24, 2.45) is 0 Å². The molecule has 2 N–H and O–H groups in total. The smallest absolute Gasteiger partial charge is 0.347 e. The highest BCUT2D eigenvalue weighted by Crippen LogP contribution is 2.29. The van der Waals surface area contributed by atoms with E-state index in [1.54, 1.807) is 19.1 Å². The molecule has 1 aromatic carbocycles. The zero-order valence-electron chi connectivity index (χ0n) is 10.3.